The van der Waals surface area contributed by atoms with E-state index in [0.717, 1.165) is 23.3 Å². The number of nitrogens with two attached hydrogens (primary N) is 1. The van der Waals surface area contributed by atoms with Crippen LogP contribution in [0.5, 0.6) is 11.5 Å². The van der Waals surface area contributed by atoms with Gasteiger partial charge >= 0.3 is 0 Å². The van der Waals surface area contributed by atoms with E-state index in [1.165, 1.54) is 12.1 Å². The number of ether oxygens (including phenoxy) is 1. The highest BCUT2D eigenvalue weighted by Gasteiger charge is 2.08. The molecule has 0 radical (unpaired) electrons. The van der Waals surface area contributed by atoms with Crippen molar-refractivity contribution < 1.29 is 9.13 Å². The maximum absolute atomic E-state index is 13.1. The molecule has 0 amide bonds. The highest BCUT2D eigenvalue weighted by Crippen LogP contribution is 2.28. The summed E-state index contributed by atoms with van der Waals surface area (Å²) in [7, 11) is 0. The molecule has 1 atom stereocenters. The molecule has 3 heteroatoms. The van der Waals surface area contributed by atoms with Crippen molar-refractivity contribution in [3.05, 3.63) is 59.4 Å². The van der Waals surface area contributed by atoms with E-state index in [1.807, 2.05) is 38.1 Å². The number of hydrogen-bond acceptors (Lipinski definition) is 2. The van der Waals surface area contributed by atoms with Gasteiger partial charge in [0, 0.05) is 6.04 Å². The molecule has 0 aliphatic heterocycles. The van der Waals surface area contributed by atoms with Crippen LogP contribution >= 0.6 is 0 Å². The first-order valence-electron chi connectivity index (χ1n) is 6.34. The van der Waals surface area contributed by atoms with Gasteiger partial charge in [0.15, 0.2) is 0 Å². The first kappa shape index (κ1) is 13.6. The molecule has 2 N–H and O–H groups in total. The molecule has 2 rings (SSSR count). The van der Waals surface area contributed by atoms with Crippen LogP contribution in [-0.4, -0.2) is 6.04 Å². The van der Waals surface area contributed by atoms with Crippen LogP contribution in [0.15, 0.2) is 42.5 Å². The van der Waals surface area contributed by atoms with E-state index in [1.54, 1.807) is 6.07 Å². The molecule has 0 saturated carbocycles. The van der Waals surface area contributed by atoms with Crippen LogP contribution in [0.2, 0.25) is 0 Å². The number of para-hydroxylation sites is 1. The highest BCUT2D eigenvalue weighted by molar-refractivity contribution is 5.41. The maximum atomic E-state index is 13.1. The lowest BCUT2D eigenvalue weighted by molar-refractivity contribution is 0.468. The van der Waals surface area contributed by atoms with E-state index in [-0.39, 0.29) is 11.9 Å². The third kappa shape index (κ3) is 3.55. The zero-order valence-electron chi connectivity index (χ0n) is 11.2. The second kappa shape index (κ2) is 5.85. The van der Waals surface area contributed by atoms with Crippen LogP contribution in [-0.2, 0) is 6.42 Å². The molecule has 0 bridgehead atoms. The van der Waals surface area contributed by atoms with Gasteiger partial charge in [0.25, 0.3) is 0 Å². The third-order valence-corrected chi connectivity index (χ3v) is 2.87. The Morgan fingerprint density at radius 1 is 1.16 bits per heavy atom. The van der Waals surface area contributed by atoms with Crippen LogP contribution in [0.4, 0.5) is 4.39 Å². The van der Waals surface area contributed by atoms with Crippen LogP contribution in [0.3, 0.4) is 0 Å². The molecule has 0 aliphatic carbocycles. The molecule has 2 aromatic carbocycles. The van der Waals surface area contributed by atoms with Gasteiger partial charge in [0.05, 0.1) is 0 Å². The number of hydrogen-bond donors (Lipinski definition) is 1. The van der Waals surface area contributed by atoms with Gasteiger partial charge in [-0.15, -0.1) is 0 Å². The van der Waals surface area contributed by atoms with Crippen LogP contribution in [0.25, 0.3) is 0 Å². The van der Waals surface area contributed by atoms with Crippen molar-refractivity contribution in [3.8, 4) is 11.5 Å². The fourth-order valence-electron chi connectivity index (χ4n) is 1.96. The minimum absolute atomic E-state index is 0.0686. The fraction of sp³-hybridized carbons (Fsp3) is 0.250. The second-order valence-electron chi connectivity index (χ2n) is 4.80. The lowest BCUT2D eigenvalue weighted by Gasteiger charge is -2.14. The molecule has 0 aromatic heterocycles. The minimum Gasteiger partial charge on any atom is -0.457 e. The average molecular weight is 259 g/mol. The van der Waals surface area contributed by atoms with Gasteiger partial charge in [-0.25, -0.2) is 4.39 Å². The molecule has 2 aromatic rings. The predicted molar refractivity (Wildman–Crippen MR) is 75.0 cm³/mol. The fourth-order valence-corrected chi connectivity index (χ4v) is 1.96. The monoisotopic (exact) mass is 259 g/mol. The van der Waals surface area contributed by atoms with E-state index in [9.17, 15) is 4.39 Å². The topological polar surface area (TPSA) is 35.2 Å². The van der Waals surface area contributed by atoms with Gasteiger partial charge < -0.3 is 10.5 Å². The largest absolute Gasteiger partial charge is 0.457 e. The second-order valence-corrected chi connectivity index (χ2v) is 4.80. The van der Waals surface area contributed by atoms with Crippen LogP contribution < -0.4 is 10.5 Å². The SMILES string of the molecule is Cc1cc(F)ccc1Oc1ccccc1CC(C)N. The molecule has 100 valence electrons. The standard InChI is InChI=1S/C16H18FNO/c1-11-9-14(17)7-8-15(11)19-16-6-4-3-5-13(16)10-12(2)18/h3-9,12H,10,18H2,1-2H3. The Hall–Kier alpha value is -1.87. The predicted octanol–water partition coefficient (Wildman–Crippen LogP) is 3.82. The molecule has 2 nitrogen and oxygen atoms in total. The first-order chi connectivity index (χ1) is 9.06. The summed E-state index contributed by atoms with van der Waals surface area (Å²) in [5, 5.41) is 0. The van der Waals surface area contributed by atoms with Crippen molar-refractivity contribution in [1.82, 2.24) is 0 Å². The number of halogens is 1. The van der Waals surface area contributed by atoms with E-state index >= 15 is 0 Å². The summed E-state index contributed by atoms with van der Waals surface area (Å²) >= 11 is 0. The van der Waals surface area contributed by atoms with Gasteiger partial charge in [-0.05, 0) is 55.7 Å². The Bertz CT molecular complexity index is 566. The van der Waals surface area contributed by atoms with Crippen LogP contribution in [0.1, 0.15) is 18.1 Å². The van der Waals surface area contributed by atoms with Crippen molar-refractivity contribution in [2.45, 2.75) is 26.3 Å². The summed E-state index contributed by atoms with van der Waals surface area (Å²) in [5.74, 6) is 1.18. The van der Waals surface area contributed by atoms with Crippen molar-refractivity contribution >= 4 is 0 Å². The van der Waals surface area contributed by atoms with E-state index < -0.39 is 0 Å². The zero-order valence-corrected chi connectivity index (χ0v) is 11.2. The quantitative estimate of drug-likeness (QED) is 0.906. The van der Waals surface area contributed by atoms with Gasteiger partial charge in [0.1, 0.15) is 17.3 Å². The van der Waals surface area contributed by atoms with Gasteiger partial charge in [-0.3, -0.25) is 0 Å². The molecule has 0 spiro atoms. The van der Waals surface area contributed by atoms with Crippen molar-refractivity contribution in [2.24, 2.45) is 5.73 Å². The molecule has 0 aliphatic rings. The first-order valence-corrected chi connectivity index (χ1v) is 6.34. The average Bonchev–Trinajstić information content (AvgIpc) is 2.34. The summed E-state index contributed by atoms with van der Waals surface area (Å²) in [4.78, 5) is 0. The smallest absolute Gasteiger partial charge is 0.130 e. The van der Waals surface area contributed by atoms with Gasteiger partial charge in [-0.1, -0.05) is 18.2 Å². The third-order valence-electron chi connectivity index (χ3n) is 2.87. The Labute approximate surface area is 113 Å². The van der Waals surface area contributed by atoms with Crippen LogP contribution in [0, 0.1) is 12.7 Å². The molecule has 0 heterocycles. The van der Waals surface area contributed by atoms with Crippen molar-refractivity contribution in [1.29, 1.82) is 0 Å². The Kier molecular flexibility index (Phi) is 4.17. The number of rotatable bonds is 4. The molecule has 1 unspecified atom stereocenters. The van der Waals surface area contributed by atoms with E-state index in [2.05, 4.69) is 0 Å². The molecule has 0 fully saturated rings. The molecule has 0 saturated heterocycles. The van der Waals surface area contributed by atoms with Crippen molar-refractivity contribution in [2.75, 3.05) is 0 Å². The van der Waals surface area contributed by atoms with E-state index in [0.29, 0.717) is 5.75 Å². The number of aryl methyl sites for hydroxylation is 1. The summed E-state index contributed by atoms with van der Waals surface area (Å²) in [5.41, 5.74) is 7.66. The highest BCUT2D eigenvalue weighted by atomic mass is 19.1. The summed E-state index contributed by atoms with van der Waals surface area (Å²) in [6, 6.07) is 12.4. The lowest BCUT2D eigenvalue weighted by Crippen LogP contribution is -2.18. The Morgan fingerprint density at radius 2 is 1.89 bits per heavy atom. The number of benzene rings is 2. The molecule has 19 heavy (non-hydrogen) atoms. The summed E-state index contributed by atoms with van der Waals surface area (Å²) in [6.45, 7) is 3.78. The normalized spacial score (nSPS) is 12.2. The lowest BCUT2D eigenvalue weighted by atomic mass is 10.1. The Balaban J connectivity index is 2.27. The molecular formula is C16H18FNO. The van der Waals surface area contributed by atoms with E-state index in [4.69, 9.17) is 10.5 Å². The Morgan fingerprint density at radius 3 is 2.58 bits per heavy atom. The zero-order chi connectivity index (χ0) is 13.8. The van der Waals surface area contributed by atoms with Gasteiger partial charge in [-0.2, -0.15) is 0 Å². The minimum atomic E-state index is -0.256. The summed E-state index contributed by atoms with van der Waals surface area (Å²) < 4.78 is 18.9. The van der Waals surface area contributed by atoms with Crippen molar-refractivity contribution in [3.63, 3.8) is 0 Å². The van der Waals surface area contributed by atoms with Gasteiger partial charge in [0.2, 0.25) is 0 Å². The maximum Gasteiger partial charge on any atom is 0.130 e. The molecular weight excluding hydrogens is 241 g/mol. The summed E-state index contributed by atoms with van der Waals surface area (Å²) in [6.07, 6.45) is 0.746.